The third-order valence-electron chi connectivity index (χ3n) is 2.73. The highest BCUT2D eigenvalue weighted by atomic mass is 32.1. The fraction of sp³-hybridized carbons (Fsp3) is 0.600. The highest BCUT2D eigenvalue weighted by Crippen LogP contribution is 2.27. The van der Waals surface area contributed by atoms with Crippen LogP contribution in [0.25, 0.3) is 0 Å². The molecule has 1 aliphatic rings. The van der Waals surface area contributed by atoms with Crippen molar-refractivity contribution in [3.05, 3.63) is 10.6 Å². The molecule has 0 radical (unpaired) electrons. The normalized spacial score (nSPS) is 22.2. The lowest BCUT2D eigenvalue weighted by molar-refractivity contribution is -0.120. The summed E-state index contributed by atoms with van der Waals surface area (Å²) in [5.41, 5.74) is 6.74. The third kappa shape index (κ3) is 1.89. The van der Waals surface area contributed by atoms with Gasteiger partial charge in [0, 0.05) is 11.4 Å². The molecule has 1 amide bonds. The number of piperidine rings is 1. The second-order valence-electron chi connectivity index (χ2n) is 3.88. The molecule has 1 aromatic heterocycles. The molecule has 0 saturated carbocycles. The van der Waals surface area contributed by atoms with Crippen molar-refractivity contribution < 1.29 is 4.79 Å². The van der Waals surface area contributed by atoms with Crippen molar-refractivity contribution in [3.8, 4) is 0 Å². The first kappa shape index (κ1) is 10.6. The van der Waals surface area contributed by atoms with E-state index in [1.807, 2.05) is 13.8 Å². The van der Waals surface area contributed by atoms with Crippen molar-refractivity contribution in [3.63, 3.8) is 0 Å². The van der Waals surface area contributed by atoms with E-state index in [9.17, 15) is 4.79 Å². The molecule has 1 aromatic rings. The van der Waals surface area contributed by atoms with Crippen LogP contribution < -0.4 is 10.6 Å². The average molecular weight is 225 g/mol. The molecule has 1 fully saturated rings. The molecule has 0 aliphatic carbocycles. The number of nitrogens with two attached hydrogens (primary N) is 1. The number of hydrogen-bond donors (Lipinski definition) is 1. The molecule has 15 heavy (non-hydrogen) atoms. The first-order chi connectivity index (χ1) is 7.09. The maximum atomic E-state index is 11.8. The van der Waals surface area contributed by atoms with Gasteiger partial charge < -0.3 is 5.73 Å². The monoisotopic (exact) mass is 225 g/mol. The van der Waals surface area contributed by atoms with E-state index in [-0.39, 0.29) is 11.9 Å². The fourth-order valence-corrected chi connectivity index (χ4v) is 2.61. The number of thiazole rings is 1. The van der Waals surface area contributed by atoms with E-state index in [0.29, 0.717) is 0 Å². The molecule has 5 heteroatoms. The summed E-state index contributed by atoms with van der Waals surface area (Å²) in [7, 11) is 0. The van der Waals surface area contributed by atoms with Gasteiger partial charge in [0.2, 0.25) is 5.91 Å². The Bertz CT molecular complexity index is 369. The number of amides is 1. The Morgan fingerprint density at radius 1 is 1.53 bits per heavy atom. The number of hydrogen-bond acceptors (Lipinski definition) is 4. The summed E-state index contributed by atoms with van der Waals surface area (Å²) in [5.74, 6) is 0.00926. The smallest absolute Gasteiger partial charge is 0.245 e. The van der Waals surface area contributed by atoms with Crippen molar-refractivity contribution in [1.82, 2.24) is 4.98 Å². The highest BCUT2D eigenvalue weighted by molar-refractivity contribution is 7.15. The van der Waals surface area contributed by atoms with Gasteiger partial charge in [-0.05, 0) is 26.7 Å². The van der Waals surface area contributed by atoms with Crippen molar-refractivity contribution >= 4 is 22.4 Å². The van der Waals surface area contributed by atoms with Gasteiger partial charge in [-0.15, -0.1) is 11.3 Å². The van der Waals surface area contributed by atoms with Crippen LogP contribution >= 0.6 is 11.3 Å². The lowest BCUT2D eigenvalue weighted by Gasteiger charge is -2.28. The number of anilines is 1. The molecule has 2 N–H and O–H groups in total. The Balaban J connectivity index is 2.26. The average Bonchev–Trinajstić information content (AvgIpc) is 2.51. The maximum Gasteiger partial charge on any atom is 0.245 e. The van der Waals surface area contributed by atoms with Gasteiger partial charge >= 0.3 is 0 Å². The zero-order valence-corrected chi connectivity index (χ0v) is 9.80. The molecule has 2 rings (SSSR count). The van der Waals surface area contributed by atoms with Gasteiger partial charge in [-0.2, -0.15) is 0 Å². The molecular formula is C10H15N3OS. The van der Waals surface area contributed by atoms with Crippen molar-refractivity contribution in [2.45, 2.75) is 32.7 Å². The topological polar surface area (TPSA) is 59.2 Å². The SMILES string of the molecule is Cc1nc(N2CCCC(N)C2=O)sc1C. The number of aromatic nitrogens is 1. The third-order valence-corrected chi connectivity index (χ3v) is 3.82. The predicted molar refractivity (Wildman–Crippen MR) is 61.2 cm³/mol. The molecule has 82 valence electrons. The van der Waals surface area contributed by atoms with Gasteiger partial charge in [0.05, 0.1) is 11.7 Å². The second-order valence-corrected chi connectivity index (χ2v) is 5.06. The van der Waals surface area contributed by atoms with Crippen LogP contribution in [0, 0.1) is 13.8 Å². The Morgan fingerprint density at radius 2 is 2.27 bits per heavy atom. The van der Waals surface area contributed by atoms with E-state index in [1.54, 1.807) is 16.2 Å². The quantitative estimate of drug-likeness (QED) is 0.781. The van der Waals surface area contributed by atoms with E-state index in [1.165, 1.54) is 0 Å². The summed E-state index contributed by atoms with van der Waals surface area (Å²) in [6.45, 7) is 4.73. The van der Waals surface area contributed by atoms with E-state index >= 15 is 0 Å². The molecule has 1 unspecified atom stereocenters. The van der Waals surface area contributed by atoms with Crippen LogP contribution in [0.4, 0.5) is 5.13 Å². The number of nitrogens with zero attached hydrogens (tertiary/aromatic N) is 2. The van der Waals surface area contributed by atoms with Crippen LogP contribution in [0.5, 0.6) is 0 Å². The van der Waals surface area contributed by atoms with Gasteiger partial charge in [0.25, 0.3) is 0 Å². The zero-order valence-electron chi connectivity index (χ0n) is 8.99. The standard InChI is InChI=1S/C10H15N3OS/c1-6-7(2)15-10(12-6)13-5-3-4-8(11)9(13)14/h8H,3-5,11H2,1-2H3. The molecule has 1 aliphatic heterocycles. The molecule has 0 aromatic carbocycles. The number of aryl methyl sites for hydroxylation is 2. The molecule has 4 nitrogen and oxygen atoms in total. The maximum absolute atomic E-state index is 11.8. The lowest BCUT2D eigenvalue weighted by Crippen LogP contribution is -2.48. The fourth-order valence-electron chi connectivity index (χ4n) is 1.66. The molecular weight excluding hydrogens is 210 g/mol. The van der Waals surface area contributed by atoms with Crippen LogP contribution in [-0.2, 0) is 4.79 Å². The van der Waals surface area contributed by atoms with E-state index in [0.717, 1.165) is 35.1 Å². The lowest BCUT2D eigenvalue weighted by atomic mass is 10.1. The summed E-state index contributed by atoms with van der Waals surface area (Å²) in [6, 6.07) is -0.344. The summed E-state index contributed by atoms with van der Waals surface area (Å²) in [4.78, 5) is 19.1. The summed E-state index contributed by atoms with van der Waals surface area (Å²) in [6.07, 6.45) is 1.75. The Kier molecular flexibility index (Phi) is 2.75. The minimum atomic E-state index is -0.344. The minimum Gasteiger partial charge on any atom is -0.320 e. The molecule has 0 spiro atoms. The Hall–Kier alpha value is -0.940. The van der Waals surface area contributed by atoms with Crippen LogP contribution in [0.15, 0.2) is 0 Å². The molecule has 2 heterocycles. The van der Waals surface area contributed by atoms with Gasteiger partial charge in [0.15, 0.2) is 5.13 Å². The van der Waals surface area contributed by atoms with Gasteiger partial charge in [0.1, 0.15) is 0 Å². The minimum absolute atomic E-state index is 0.00926. The van der Waals surface area contributed by atoms with Crippen molar-refractivity contribution in [2.75, 3.05) is 11.4 Å². The van der Waals surface area contributed by atoms with Crippen LogP contribution in [-0.4, -0.2) is 23.5 Å². The van der Waals surface area contributed by atoms with Gasteiger partial charge in [-0.3, -0.25) is 9.69 Å². The van der Waals surface area contributed by atoms with E-state index in [2.05, 4.69) is 4.98 Å². The van der Waals surface area contributed by atoms with Gasteiger partial charge in [-0.25, -0.2) is 4.98 Å². The first-order valence-electron chi connectivity index (χ1n) is 5.10. The first-order valence-corrected chi connectivity index (χ1v) is 5.92. The van der Waals surface area contributed by atoms with E-state index < -0.39 is 0 Å². The summed E-state index contributed by atoms with van der Waals surface area (Å²) >= 11 is 1.57. The zero-order chi connectivity index (χ0) is 11.0. The predicted octanol–water partition coefficient (Wildman–Crippen LogP) is 1.21. The van der Waals surface area contributed by atoms with Crippen molar-refractivity contribution in [2.24, 2.45) is 5.73 Å². The van der Waals surface area contributed by atoms with Crippen LogP contribution in [0.1, 0.15) is 23.4 Å². The number of carbonyl (C=O) groups is 1. The molecule has 1 saturated heterocycles. The molecule has 1 atom stereocenters. The largest absolute Gasteiger partial charge is 0.320 e. The van der Waals surface area contributed by atoms with Crippen LogP contribution in [0.2, 0.25) is 0 Å². The highest BCUT2D eigenvalue weighted by Gasteiger charge is 2.28. The van der Waals surface area contributed by atoms with Crippen LogP contribution in [0.3, 0.4) is 0 Å². The second kappa shape index (κ2) is 3.90. The Morgan fingerprint density at radius 3 is 2.87 bits per heavy atom. The summed E-state index contributed by atoms with van der Waals surface area (Å²) < 4.78 is 0. The number of carbonyl (C=O) groups excluding carboxylic acids is 1. The summed E-state index contributed by atoms with van der Waals surface area (Å²) in [5, 5.41) is 0.796. The Labute approximate surface area is 93.1 Å². The van der Waals surface area contributed by atoms with Gasteiger partial charge in [-0.1, -0.05) is 0 Å². The number of rotatable bonds is 1. The van der Waals surface area contributed by atoms with Crippen molar-refractivity contribution in [1.29, 1.82) is 0 Å². The van der Waals surface area contributed by atoms with E-state index in [4.69, 9.17) is 5.73 Å². The molecule has 0 bridgehead atoms.